The van der Waals surface area contributed by atoms with Crippen LogP contribution in [-0.4, -0.2) is 99.8 Å². The summed E-state index contributed by atoms with van der Waals surface area (Å²) in [5.74, 6) is -0.626. The van der Waals surface area contributed by atoms with Gasteiger partial charge >= 0.3 is 6.09 Å². The maximum Gasteiger partial charge on any atom is 0.408 e. The van der Waals surface area contributed by atoms with Gasteiger partial charge in [0.15, 0.2) is 0 Å². The second-order valence-electron chi connectivity index (χ2n) is 17.9. The topological polar surface area (TPSA) is 185 Å². The van der Waals surface area contributed by atoms with Gasteiger partial charge in [0.25, 0.3) is 5.91 Å². The third-order valence-electron chi connectivity index (χ3n) is 13.6. The van der Waals surface area contributed by atoms with Crippen LogP contribution in [0.4, 0.5) is 4.79 Å². The summed E-state index contributed by atoms with van der Waals surface area (Å²) in [6.45, 7) is 8.01. The van der Waals surface area contributed by atoms with Crippen molar-refractivity contribution in [1.82, 2.24) is 24.8 Å². The van der Waals surface area contributed by atoms with Crippen molar-refractivity contribution in [3.63, 3.8) is 0 Å². The lowest BCUT2D eigenvalue weighted by Gasteiger charge is -2.40. The Bertz CT molecular complexity index is 2080. The maximum absolute atomic E-state index is 15.2. The highest BCUT2D eigenvalue weighted by Gasteiger charge is 2.63. The zero-order chi connectivity index (χ0) is 40.4. The standard InChI is InChI=1S/C42H55N5O9S/c1-5-55-31-10-11-33-26(20-31)12-15-43-37(33)56-32-21-34-36(48)44-42(39(50)45-57(53,54)41(4)13-14-41)22-29(42)9-7-6-8-24(2)16-25(3)35(38(49)46(34)23-32)47(40(51)52)30-18-27-17-28(27)19-30/h7,9-12,15,20,24-25,27-30,32,34-35H,5-6,8,13-14,16-19,21-23H2,1-4H3,(H,44,48)(H,45,50)(H,51,52)/b9-7-/t24-,25-,27+,28?,29-,30-,32-,34+,35+,42-/m1/s1. The van der Waals surface area contributed by atoms with Crippen molar-refractivity contribution in [1.29, 1.82) is 0 Å². The van der Waals surface area contributed by atoms with Gasteiger partial charge < -0.3 is 24.8 Å². The van der Waals surface area contributed by atoms with Crippen LogP contribution in [-0.2, 0) is 24.4 Å². The van der Waals surface area contributed by atoms with E-state index in [0.717, 1.165) is 18.2 Å². The monoisotopic (exact) mass is 805 g/mol. The van der Waals surface area contributed by atoms with Gasteiger partial charge in [0.05, 0.1) is 17.9 Å². The number of hydrogen-bond acceptors (Lipinski definition) is 9. The van der Waals surface area contributed by atoms with E-state index < -0.39 is 68.2 Å². The number of rotatable bonds is 9. The molecule has 3 N–H and O–H groups in total. The van der Waals surface area contributed by atoms with Gasteiger partial charge in [0.1, 0.15) is 29.5 Å². The molecule has 1 unspecified atom stereocenters. The third kappa shape index (κ3) is 7.56. The lowest BCUT2D eigenvalue weighted by Crippen LogP contribution is -2.61. The van der Waals surface area contributed by atoms with Crippen LogP contribution in [0.1, 0.15) is 91.9 Å². The van der Waals surface area contributed by atoms with E-state index in [1.807, 2.05) is 50.3 Å². The summed E-state index contributed by atoms with van der Waals surface area (Å²) < 4.78 is 40.0. The molecule has 0 bridgehead atoms. The highest BCUT2D eigenvalue weighted by molar-refractivity contribution is 7.91. The second-order valence-corrected chi connectivity index (χ2v) is 20.1. The van der Waals surface area contributed by atoms with Crippen LogP contribution in [0.15, 0.2) is 42.6 Å². The number of pyridine rings is 1. The van der Waals surface area contributed by atoms with E-state index in [1.165, 1.54) is 9.80 Å². The van der Waals surface area contributed by atoms with Gasteiger partial charge in [-0.3, -0.25) is 24.0 Å². The second kappa shape index (κ2) is 14.8. The minimum absolute atomic E-state index is 0.0244. The van der Waals surface area contributed by atoms with Gasteiger partial charge in [-0.15, -0.1) is 0 Å². The molecule has 0 spiro atoms. The average Bonchev–Trinajstić information content (AvgIpc) is 4.12. The predicted molar refractivity (Wildman–Crippen MR) is 211 cm³/mol. The van der Waals surface area contributed by atoms with Gasteiger partial charge in [-0.25, -0.2) is 18.2 Å². The smallest absolute Gasteiger partial charge is 0.408 e. The number of carbonyl (C=O) groups excluding carboxylic acids is 3. The Morgan fingerprint density at radius 2 is 1.84 bits per heavy atom. The molecule has 4 aliphatic carbocycles. The number of ether oxygens (including phenoxy) is 2. The molecule has 14 nitrogen and oxygen atoms in total. The van der Waals surface area contributed by atoms with Crippen molar-refractivity contribution in [3.8, 4) is 11.6 Å². The Kier molecular flexibility index (Phi) is 10.2. The number of allylic oxidation sites excluding steroid dienone is 1. The molecule has 6 aliphatic rings. The van der Waals surface area contributed by atoms with Crippen LogP contribution in [0, 0.1) is 29.6 Å². The molecule has 4 amide bonds. The van der Waals surface area contributed by atoms with Crippen molar-refractivity contribution in [2.45, 2.75) is 126 Å². The molecule has 10 atom stereocenters. The number of carbonyl (C=O) groups is 4. The molecular weight excluding hydrogens is 751 g/mol. The summed E-state index contributed by atoms with van der Waals surface area (Å²) in [7, 11) is -4.01. The SMILES string of the molecule is CCOc1ccc2c(O[C@@H]3C[C@H]4C(=O)N[C@]5(C(=O)NS(=O)(=O)C6(C)CC6)C[C@H]5/C=C\CC[C@@H](C)C[C@@H](C)[C@H](N(C(=O)O)[C@H]5CC6C[C@H]6C5)C(=O)N4C3)nccc2c1. The van der Waals surface area contributed by atoms with Gasteiger partial charge in [0.2, 0.25) is 27.7 Å². The Morgan fingerprint density at radius 3 is 2.54 bits per heavy atom. The Hall–Kier alpha value is -4.40. The first-order valence-corrected chi connectivity index (χ1v) is 22.2. The fourth-order valence-corrected chi connectivity index (χ4v) is 11.1. The van der Waals surface area contributed by atoms with E-state index in [0.29, 0.717) is 74.0 Å². The quantitative estimate of drug-likeness (QED) is 0.291. The predicted octanol–water partition coefficient (Wildman–Crippen LogP) is 5.01. The van der Waals surface area contributed by atoms with Crippen LogP contribution in [0.25, 0.3) is 10.8 Å². The zero-order valence-corrected chi connectivity index (χ0v) is 34.0. The molecule has 5 fully saturated rings. The fraction of sp³-hybridized carbons (Fsp3) is 0.643. The molecule has 308 valence electrons. The molecule has 1 saturated heterocycles. The summed E-state index contributed by atoms with van der Waals surface area (Å²) >= 11 is 0. The van der Waals surface area contributed by atoms with E-state index in [2.05, 4.69) is 21.9 Å². The number of sulfonamides is 1. The average molecular weight is 806 g/mol. The van der Waals surface area contributed by atoms with E-state index >= 15 is 4.79 Å². The summed E-state index contributed by atoms with van der Waals surface area (Å²) in [5, 5.41) is 15.3. The van der Waals surface area contributed by atoms with E-state index in [1.54, 1.807) is 13.1 Å². The zero-order valence-electron chi connectivity index (χ0n) is 33.2. The Labute approximate surface area is 334 Å². The fourth-order valence-electron chi connectivity index (χ4n) is 9.82. The highest BCUT2D eigenvalue weighted by Crippen LogP contribution is 2.54. The van der Waals surface area contributed by atoms with Crippen LogP contribution < -0.4 is 19.5 Å². The van der Waals surface area contributed by atoms with Crippen LogP contribution in [0.2, 0.25) is 0 Å². The first-order valence-electron chi connectivity index (χ1n) is 20.7. The van der Waals surface area contributed by atoms with Crippen molar-refractivity contribution >= 4 is 44.6 Å². The molecule has 8 rings (SSSR count). The number of hydrogen-bond donors (Lipinski definition) is 3. The molecule has 0 radical (unpaired) electrons. The number of aromatic nitrogens is 1. The molecule has 2 aromatic rings. The molecule has 3 heterocycles. The number of fused-ring (bicyclic) bond motifs is 4. The third-order valence-corrected chi connectivity index (χ3v) is 15.8. The van der Waals surface area contributed by atoms with Gasteiger partial charge in [-0.1, -0.05) is 26.0 Å². The molecule has 57 heavy (non-hydrogen) atoms. The molecule has 1 aromatic carbocycles. The van der Waals surface area contributed by atoms with Gasteiger partial charge in [0, 0.05) is 30.0 Å². The first kappa shape index (κ1) is 39.4. The van der Waals surface area contributed by atoms with Crippen molar-refractivity contribution < 1.29 is 42.2 Å². The maximum atomic E-state index is 15.2. The molecule has 15 heteroatoms. The number of carboxylic acid groups (broad SMARTS) is 1. The van der Waals surface area contributed by atoms with Gasteiger partial charge in [-0.2, -0.15) is 0 Å². The summed E-state index contributed by atoms with van der Waals surface area (Å²) in [6.07, 6.45) is 9.25. The lowest BCUT2D eigenvalue weighted by molar-refractivity contribution is -0.145. The van der Waals surface area contributed by atoms with Crippen LogP contribution in [0.3, 0.4) is 0 Å². The number of nitrogens with zero attached hydrogens (tertiary/aromatic N) is 3. The van der Waals surface area contributed by atoms with E-state index in [-0.39, 0.29) is 37.3 Å². The number of benzene rings is 1. The van der Waals surface area contributed by atoms with Crippen molar-refractivity contribution in [3.05, 3.63) is 42.6 Å². The normalized spacial score (nSPS) is 35.0. The Morgan fingerprint density at radius 1 is 1.09 bits per heavy atom. The minimum Gasteiger partial charge on any atom is -0.494 e. The van der Waals surface area contributed by atoms with Crippen molar-refractivity contribution in [2.24, 2.45) is 29.6 Å². The largest absolute Gasteiger partial charge is 0.494 e. The van der Waals surface area contributed by atoms with Crippen LogP contribution in [0.5, 0.6) is 11.6 Å². The number of amides is 4. The van der Waals surface area contributed by atoms with E-state index in [4.69, 9.17) is 9.47 Å². The number of nitrogens with one attached hydrogen (secondary N) is 2. The van der Waals surface area contributed by atoms with Crippen molar-refractivity contribution in [2.75, 3.05) is 13.2 Å². The molecule has 4 saturated carbocycles. The summed E-state index contributed by atoms with van der Waals surface area (Å²) in [4.78, 5) is 64.5. The summed E-state index contributed by atoms with van der Waals surface area (Å²) in [6, 6.07) is 4.91. The minimum atomic E-state index is -4.01. The lowest BCUT2D eigenvalue weighted by atomic mass is 9.86. The molecule has 1 aromatic heterocycles. The first-order chi connectivity index (χ1) is 27.1. The van der Waals surface area contributed by atoms with Crippen LogP contribution >= 0.6 is 0 Å². The van der Waals surface area contributed by atoms with E-state index in [9.17, 15) is 27.9 Å². The molecular formula is C42H55N5O9S. The van der Waals surface area contributed by atoms with Gasteiger partial charge in [-0.05, 0) is 125 Å². The molecule has 2 aliphatic heterocycles. The highest BCUT2D eigenvalue weighted by atomic mass is 32.2. The Balaban J connectivity index is 1.15. The summed E-state index contributed by atoms with van der Waals surface area (Å²) in [5.41, 5.74) is -1.54.